The Kier molecular flexibility index (Phi) is 4.32. The number of benzene rings is 1. The Morgan fingerprint density at radius 1 is 1.25 bits per heavy atom. The number of hydrogen-bond acceptors (Lipinski definition) is 2. The van der Waals surface area contributed by atoms with Gasteiger partial charge < -0.3 is 9.84 Å². The predicted molar refractivity (Wildman–Crippen MR) is 52.8 cm³/mol. The fourth-order valence-corrected chi connectivity index (χ4v) is 1.27. The molecule has 1 aromatic rings. The molecule has 1 aromatic carbocycles. The third kappa shape index (κ3) is 3.83. The van der Waals surface area contributed by atoms with Crippen LogP contribution in [0.1, 0.15) is 12.5 Å². The first-order valence-corrected chi connectivity index (χ1v) is 4.81. The minimum absolute atomic E-state index is 0.171. The van der Waals surface area contributed by atoms with Crippen molar-refractivity contribution in [1.82, 2.24) is 0 Å². The van der Waals surface area contributed by atoms with Crippen molar-refractivity contribution in [3.63, 3.8) is 0 Å². The van der Waals surface area contributed by atoms with Crippen LogP contribution in [0.2, 0.25) is 0 Å². The largest absolute Gasteiger partial charge is 0.417 e. The zero-order valence-electron chi connectivity index (χ0n) is 8.74. The summed E-state index contributed by atoms with van der Waals surface area (Å²) in [7, 11) is 0. The summed E-state index contributed by atoms with van der Waals surface area (Å²) in [4.78, 5) is 0. The van der Waals surface area contributed by atoms with Crippen LogP contribution in [0.4, 0.5) is 13.2 Å². The highest BCUT2D eigenvalue weighted by atomic mass is 19.4. The molecule has 0 bridgehead atoms. The molecule has 2 nitrogen and oxygen atoms in total. The first-order chi connectivity index (χ1) is 7.41. The van der Waals surface area contributed by atoms with Gasteiger partial charge in [-0.3, -0.25) is 0 Å². The van der Waals surface area contributed by atoms with E-state index < -0.39 is 18.4 Å². The topological polar surface area (TPSA) is 29.5 Å². The van der Waals surface area contributed by atoms with E-state index in [1.54, 1.807) is 30.3 Å². The summed E-state index contributed by atoms with van der Waals surface area (Å²) in [6, 6.07) is 8.51. The Bertz CT molecular complexity index is 309. The van der Waals surface area contributed by atoms with Gasteiger partial charge in [-0.2, -0.15) is 13.2 Å². The maximum Gasteiger partial charge on any atom is 0.417 e. The molecule has 0 aromatic heterocycles. The van der Waals surface area contributed by atoms with Crippen LogP contribution < -0.4 is 0 Å². The zero-order valence-corrected chi connectivity index (χ0v) is 8.74. The van der Waals surface area contributed by atoms with E-state index in [2.05, 4.69) is 4.74 Å². The van der Waals surface area contributed by atoms with E-state index >= 15 is 0 Å². The first-order valence-electron chi connectivity index (χ1n) is 4.81. The molecule has 0 heterocycles. The van der Waals surface area contributed by atoms with Gasteiger partial charge in [0.2, 0.25) is 0 Å². The molecule has 2 atom stereocenters. The SMILES string of the molecule is C[C@H](O)[C@@H](OCc1ccccc1)C(F)(F)F. The van der Waals surface area contributed by atoms with Crippen LogP contribution in [0.25, 0.3) is 0 Å². The molecule has 0 aliphatic heterocycles. The lowest BCUT2D eigenvalue weighted by molar-refractivity contribution is -0.247. The van der Waals surface area contributed by atoms with Gasteiger partial charge in [0.1, 0.15) is 0 Å². The molecule has 0 saturated heterocycles. The molecule has 0 saturated carbocycles. The molecule has 1 rings (SSSR count). The summed E-state index contributed by atoms with van der Waals surface area (Å²) in [5.41, 5.74) is 0.636. The zero-order chi connectivity index (χ0) is 12.2. The molecule has 5 heteroatoms. The van der Waals surface area contributed by atoms with E-state index in [0.717, 1.165) is 6.92 Å². The Morgan fingerprint density at radius 2 is 1.81 bits per heavy atom. The highest BCUT2D eigenvalue weighted by Gasteiger charge is 2.43. The number of alkyl halides is 3. The quantitative estimate of drug-likeness (QED) is 0.867. The maximum atomic E-state index is 12.4. The van der Waals surface area contributed by atoms with Gasteiger partial charge in [-0.1, -0.05) is 30.3 Å². The van der Waals surface area contributed by atoms with Crippen LogP contribution in [0.5, 0.6) is 0 Å². The van der Waals surface area contributed by atoms with Crippen molar-refractivity contribution in [2.75, 3.05) is 0 Å². The molecular weight excluding hydrogens is 221 g/mol. The number of ether oxygens (including phenoxy) is 1. The van der Waals surface area contributed by atoms with Crippen LogP contribution in [0.15, 0.2) is 30.3 Å². The standard InChI is InChI=1S/C11H13F3O2/c1-8(15)10(11(12,13)14)16-7-9-5-3-2-4-6-9/h2-6,8,10,15H,7H2,1H3/t8-,10+/m0/s1. The van der Waals surface area contributed by atoms with Crippen molar-refractivity contribution in [3.8, 4) is 0 Å². The van der Waals surface area contributed by atoms with Crippen LogP contribution in [0.3, 0.4) is 0 Å². The van der Waals surface area contributed by atoms with E-state index in [0.29, 0.717) is 5.56 Å². The average molecular weight is 234 g/mol. The fraction of sp³-hybridized carbons (Fsp3) is 0.455. The molecule has 0 unspecified atom stereocenters. The van der Waals surface area contributed by atoms with Crippen molar-refractivity contribution >= 4 is 0 Å². The molecule has 0 amide bonds. The Balaban J connectivity index is 2.58. The lowest BCUT2D eigenvalue weighted by Gasteiger charge is -2.23. The third-order valence-corrected chi connectivity index (χ3v) is 2.03. The summed E-state index contributed by atoms with van der Waals surface area (Å²) in [5, 5.41) is 8.98. The van der Waals surface area contributed by atoms with Gasteiger partial charge >= 0.3 is 6.18 Å². The van der Waals surface area contributed by atoms with E-state index in [1.807, 2.05) is 0 Å². The summed E-state index contributed by atoms with van der Waals surface area (Å²) in [6.45, 7) is 0.888. The van der Waals surface area contributed by atoms with Crippen LogP contribution in [0, 0.1) is 0 Å². The number of aliphatic hydroxyl groups excluding tert-OH is 1. The van der Waals surface area contributed by atoms with E-state index in [9.17, 15) is 13.2 Å². The Hall–Kier alpha value is -1.07. The summed E-state index contributed by atoms with van der Waals surface area (Å²) in [6.07, 6.45) is -8.28. The lowest BCUT2D eigenvalue weighted by atomic mass is 10.2. The van der Waals surface area contributed by atoms with Gasteiger partial charge in [0.05, 0.1) is 12.7 Å². The van der Waals surface area contributed by atoms with Crippen LogP contribution in [-0.4, -0.2) is 23.5 Å². The second-order valence-electron chi connectivity index (χ2n) is 3.50. The van der Waals surface area contributed by atoms with Gasteiger partial charge in [-0.15, -0.1) is 0 Å². The summed E-state index contributed by atoms with van der Waals surface area (Å²) < 4.78 is 41.8. The van der Waals surface area contributed by atoms with Gasteiger partial charge in [0, 0.05) is 0 Å². The minimum atomic E-state index is -4.55. The Labute approximate surface area is 91.7 Å². The average Bonchev–Trinajstić information content (AvgIpc) is 2.17. The molecule has 0 radical (unpaired) electrons. The van der Waals surface area contributed by atoms with Gasteiger partial charge in [-0.25, -0.2) is 0 Å². The third-order valence-electron chi connectivity index (χ3n) is 2.03. The van der Waals surface area contributed by atoms with Crippen LogP contribution >= 0.6 is 0 Å². The molecular formula is C11H13F3O2. The maximum absolute atomic E-state index is 12.4. The monoisotopic (exact) mass is 234 g/mol. The van der Waals surface area contributed by atoms with Crippen molar-refractivity contribution in [2.45, 2.75) is 31.9 Å². The first kappa shape index (κ1) is 13.0. The molecule has 0 fully saturated rings. The second-order valence-corrected chi connectivity index (χ2v) is 3.50. The number of rotatable bonds is 4. The van der Waals surface area contributed by atoms with Crippen molar-refractivity contribution < 1.29 is 23.0 Å². The number of aliphatic hydroxyl groups is 1. The van der Waals surface area contributed by atoms with Gasteiger partial charge in [-0.05, 0) is 12.5 Å². The molecule has 1 N–H and O–H groups in total. The van der Waals surface area contributed by atoms with Crippen LogP contribution in [-0.2, 0) is 11.3 Å². The molecule has 0 spiro atoms. The highest BCUT2D eigenvalue weighted by molar-refractivity contribution is 5.13. The molecule has 0 aliphatic carbocycles. The number of hydrogen-bond donors (Lipinski definition) is 1. The fourth-order valence-electron chi connectivity index (χ4n) is 1.27. The van der Waals surface area contributed by atoms with E-state index in [1.165, 1.54) is 0 Å². The predicted octanol–water partition coefficient (Wildman–Crippen LogP) is 2.51. The highest BCUT2D eigenvalue weighted by Crippen LogP contribution is 2.26. The van der Waals surface area contributed by atoms with E-state index in [-0.39, 0.29) is 6.61 Å². The van der Waals surface area contributed by atoms with Crippen molar-refractivity contribution in [1.29, 1.82) is 0 Å². The normalized spacial score (nSPS) is 15.8. The summed E-state index contributed by atoms with van der Waals surface area (Å²) >= 11 is 0. The van der Waals surface area contributed by atoms with Crippen molar-refractivity contribution in [2.24, 2.45) is 0 Å². The minimum Gasteiger partial charge on any atom is -0.390 e. The second kappa shape index (κ2) is 5.32. The lowest BCUT2D eigenvalue weighted by Crippen LogP contribution is -2.40. The summed E-state index contributed by atoms with van der Waals surface area (Å²) in [5.74, 6) is 0. The smallest absolute Gasteiger partial charge is 0.390 e. The van der Waals surface area contributed by atoms with Gasteiger partial charge in [0.15, 0.2) is 6.10 Å². The Morgan fingerprint density at radius 3 is 2.25 bits per heavy atom. The molecule has 0 aliphatic rings. The molecule has 16 heavy (non-hydrogen) atoms. The molecule has 90 valence electrons. The van der Waals surface area contributed by atoms with Crippen molar-refractivity contribution in [3.05, 3.63) is 35.9 Å². The van der Waals surface area contributed by atoms with Gasteiger partial charge in [0.25, 0.3) is 0 Å². The number of halogens is 3. The van der Waals surface area contributed by atoms with E-state index in [4.69, 9.17) is 5.11 Å².